The molecule has 0 fully saturated rings. The Balaban J connectivity index is 2.17. The second kappa shape index (κ2) is 6.19. The van der Waals surface area contributed by atoms with Crippen LogP contribution in [0.4, 0.5) is 13.2 Å². The van der Waals surface area contributed by atoms with Gasteiger partial charge in [0.1, 0.15) is 11.4 Å². The van der Waals surface area contributed by atoms with E-state index in [1.807, 2.05) is 6.92 Å². The van der Waals surface area contributed by atoms with Crippen LogP contribution in [0.3, 0.4) is 0 Å². The summed E-state index contributed by atoms with van der Waals surface area (Å²) >= 11 is 0. The molecule has 0 radical (unpaired) electrons. The second-order valence-corrected chi connectivity index (χ2v) is 5.29. The largest absolute Gasteiger partial charge is 0.496 e. The minimum absolute atomic E-state index is 0.0894. The van der Waals surface area contributed by atoms with Gasteiger partial charge in [0.25, 0.3) is 0 Å². The molecule has 3 rings (SSSR count). The first-order valence-electron chi connectivity index (χ1n) is 7.48. The van der Waals surface area contributed by atoms with Gasteiger partial charge >= 0.3 is 6.18 Å². The molecular weight excluding hydrogens is 335 g/mol. The van der Waals surface area contributed by atoms with Crippen LogP contribution in [0, 0.1) is 0 Å². The molecule has 5 nitrogen and oxygen atoms in total. The van der Waals surface area contributed by atoms with Crippen molar-refractivity contribution in [3.05, 3.63) is 59.2 Å². The number of benzene rings is 1. The Morgan fingerprint density at radius 1 is 1.32 bits per heavy atom. The maximum Gasteiger partial charge on any atom is 0.419 e. The number of fused-ring (bicyclic) bond motifs is 1. The molecule has 0 bridgehead atoms. The zero-order valence-corrected chi connectivity index (χ0v) is 13.5. The number of carbonyl (C=O) groups is 1. The molecule has 0 atom stereocenters. The summed E-state index contributed by atoms with van der Waals surface area (Å²) in [6.45, 7) is 1.81. The number of alkyl halides is 3. The smallest absolute Gasteiger partial charge is 0.419 e. The maximum absolute atomic E-state index is 13.2. The zero-order chi connectivity index (χ0) is 18.2. The Morgan fingerprint density at radius 3 is 2.72 bits per heavy atom. The topological polar surface area (TPSA) is 56.5 Å². The predicted octanol–water partition coefficient (Wildman–Crippen LogP) is 3.55. The monoisotopic (exact) mass is 349 g/mol. The third-order valence-corrected chi connectivity index (χ3v) is 3.79. The molecule has 2 aromatic heterocycles. The van der Waals surface area contributed by atoms with Crippen molar-refractivity contribution < 1.29 is 22.7 Å². The summed E-state index contributed by atoms with van der Waals surface area (Å²) in [5, 5.41) is 0. The molecule has 3 aromatic rings. The fourth-order valence-electron chi connectivity index (χ4n) is 2.63. The first kappa shape index (κ1) is 16.9. The van der Waals surface area contributed by atoms with E-state index in [0.717, 1.165) is 19.2 Å². The number of carbonyl (C=O) groups excluding carboxylic acids is 1. The number of aromatic nitrogens is 3. The molecule has 0 aliphatic carbocycles. The maximum atomic E-state index is 13.2. The van der Waals surface area contributed by atoms with Crippen molar-refractivity contribution >= 4 is 11.6 Å². The number of hydrogen-bond acceptors (Lipinski definition) is 4. The van der Waals surface area contributed by atoms with Crippen LogP contribution in [0.1, 0.15) is 34.2 Å². The lowest BCUT2D eigenvalue weighted by Crippen LogP contribution is -2.12. The van der Waals surface area contributed by atoms with Crippen molar-refractivity contribution in [2.75, 3.05) is 7.11 Å². The van der Waals surface area contributed by atoms with Crippen molar-refractivity contribution in [2.45, 2.75) is 19.5 Å². The summed E-state index contributed by atoms with van der Waals surface area (Å²) in [6.07, 6.45) is -1.04. The molecule has 2 heterocycles. The minimum atomic E-state index is -4.63. The van der Waals surface area contributed by atoms with Gasteiger partial charge in [-0.2, -0.15) is 13.2 Å². The summed E-state index contributed by atoms with van der Waals surface area (Å²) in [5.41, 5.74) is -0.392. The first-order chi connectivity index (χ1) is 11.9. The van der Waals surface area contributed by atoms with Crippen molar-refractivity contribution in [3.8, 4) is 5.75 Å². The fraction of sp³-hybridized carbons (Fsp3) is 0.235. The fourth-order valence-corrected chi connectivity index (χ4v) is 2.63. The Bertz CT molecular complexity index is 948. The molecule has 0 saturated heterocycles. The quantitative estimate of drug-likeness (QED) is 0.676. The molecule has 130 valence electrons. The van der Waals surface area contributed by atoms with E-state index >= 15 is 0 Å². The second-order valence-electron chi connectivity index (χ2n) is 5.29. The van der Waals surface area contributed by atoms with Crippen LogP contribution in [0.5, 0.6) is 5.75 Å². The van der Waals surface area contributed by atoms with Crippen LogP contribution in [0.2, 0.25) is 0 Å². The van der Waals surface area contributed by atoms with Gasteiger partial charge in [0.2, 0.25) is 11.6 Å². The highest BCUT2D eigenvalue weighted by Crippen LogP contribution is 2.37. The SMILES string of the molecule is CCc1nc2ncccn2c1C(=O)c1ccc(OC)c(C(F)(F)F)c1. The highest BCUT2D eigenvalue weighted by Gasteiger charge is 2.35. The van der Waals surface area contributed by atoms with E-state index in [-0.39, 0.29) is 17.0 Å². The molecule has 0 N–H and O–H groups in total. The van der Waals surface area contributed by atoms with Crippen LogP contribution in [-0.2, 0) is 12.6 Å². The Kier molecular flexibility index (Phi) is 4.20. The molecule has 0 aliphatic heterocycles. The van der Waals surface area contributed by atoms with E-state index in [2.05, 4.69) is 9.97 Å². The predicted molar refractivity (Wildman–Crippen MR) is 83.8 cm³/mol. The van der Waals surface area contributed by atoms with E-state index in [1.165, 1.54) is 16.7 Å². The lowest BCUT2D eigenvalue weighted by Gasteiger charge is -2.13. The molecule has 0 aliphatic rings. The molecule has 8 heteroatoms. The van der Waals surface area contributed by atoms with Gasteiger partial charge in [-0.05, 0) is 30.7 Å². The van der Waals surface area contributed by atoms with Gasteiger partial charge in [0, 0.05) is 18.0 Å². The van der Waals surface area contributed by atoms with Gasteiger partial charge < -0.3 is 4.74 Å². The molecule has 25 heavy (non-hydrogen) atoms. The van der Waals surface area contributed by atoms with Crippen molar-refractivity contribution in [2.24, 2.45) is 0 Å². The van der Waals surface area contributed by atoms with Gasteiger partial charge in [-0.3, -0.25) is 9.20 Å². The van der Waals surface area contributed by atoms with Crippen molar-refractivity contribution in [3.63, 3.8) is 0 Å². The normalized spacial score (nSPS) is 11.7. The number of aryl methyl sites for hydroxylation is 1. The minimum Gasteiger partial charge on any atom is -0.496 e. The van der Waals surface area contributed by atoms with E-state index in [4.69, 9.17) is 4.74 Å². The van der Waals surface area contributed by atoms with Crippen LogP contribution in [0.25, 0.3) is 5.78 Å². The van der Waals surface area contributed by atoms with Crippen LogP contribution in [-0.4, -0.2) is 27.3 Å². The molecule has 0 unspecified atom stereocenters. The van der Waals surface area contributed by atoms with Crippen LogP contribution in [0.15, 0.2) is 36.7 Å². The third kappa shape index (κ3) is 2.95. The van der Waals surface area contributed by atoms with E-state index in [9.17, 15) is 18.0 Å². The lowest BCUT2D eigenvalue weighted by atomic mass is 10.0. The molecule has 0 saturated carbocycles. The highest BCUT2D eigenvalue weighted by molar-refractivity contribution is 6.09. The van der Waals surface area contributed by atoms with E-state index < -0.39 is 17.5 Å². The molecule has 0 spiro atoms. The number of rotatable bonds is 4. The van der Waals surface area contributed by atoms with Crippen LogP contribution >= 0.6 is 0 Å². The van der Waals surface area contributed by atoms with E-state index in [0.29, 0.717) is 17.9 Å². The molecular formula is C17H14F3N3O2. The van der Waals surface area contributed by atoms with Crippen molar-refractivity contribution in [1.29, 1.82) is 0 Å². The summed E-state index contributed by atoms with van der Waals surface area (Å²) in [6, 6.07) is 4.88. The number of halogens is 3. The lowest BCUT2D eigenvalue weighted by molar-refractivity contribution is -0.138. The van der Waals surface area contributed by atoms with Gasteiger partial charge in [-0.25, -0.2) is 9.97 Å². The number of hydrogen-bond donors (Lipinski definition) is 0. The summed E-state index contributed by atoms with van der Waals surface area (Å²) in [5.74, 6) is -0.558. The summed E-state index contributed by atoms with van der Waals surface area (Å²) < 4.78 is 45.8. The van der Waals surface area contributed by atoms with Gasteiger partial charge in [0.05, 0.1) is 18.4 Å². The Hall–Kier alpha value is -2.90. The van der Waals surface area contributed by atoms with Crippen molar-refractivity contribution in [1.82, 2.24) is 14.4 Å². The molecule has 1 aromatic carbocycles. The average molecular weight is 349 g/mol. The standard InChI is InChI=1S/C17H14F3N3O2/c1-3-12-14(23-8-4-7-21-16(23)22-12)15(24)10-5-6-13(25-2)11(9-10)17(18,19)20/h4-9H,3H2,1-2H3. The zero-order valence-electron chi connectivity index (χ0n) is 13.5. The highest BCUT2D eigenvalue weighted by atomic mass is 19.4. The van der Waals surface area contributed by atoms with E-state index in [1.54, 1.807) is 12.3 Å². The number of ether oxygens (including phenoxy) is 1. The van der Waals surface area contributed by atoms with Crippen LogP contribution < -0.4 is 4.74 Å². The third-order valence-electron chi connectivity index (χ3n) is 3.79. The Labute approximate surface area is 141 Å². The van der Waals surface area contributed by atoms with Gasteiger partial charge in [-0.15, -0.1) is 0 Å². The number of nitrogens with zero attached hydrogens (tertiary/aromatic N) is 3. The Morgan fingerprint density at radius 2 is 2.08 bits per heavy atom. The number of ketones is 1. The van der Waals surface area contributed by atoms with Gasteiger partial charge in [0.15, 0.2) is 0 Å². The number of methoxy groups -OCH3 is 1. The van der Waals surface area contributed by atoms with Gasteiger partial charge in [-0.1, -0.05) is 6.92 Å². The summed E-state index contributed by atoms with van der Waals surface area (Å²) in [4.78, 5) is 21.2. The summed E-state index contributed by atoms with van der Waals surface area (Å²) in [7, 11) is 1.15. The molecule has 0 amide bonds. The number of imidazole rings is 1. The average Bonchev–Trinajstić information content (AvgIpc) is 2.98. The first-order valence-corrected chi connectivity index (χ1v) is 7.48.